The van der Waals surface area contributed by atoms with E-state index in [1.807, 2.05) is 0 Å². The molecule has 5 nitrogen and oxygen atoms in total. The Kier molecular flexibility index (Phi) is 4.76. The largest absolute Gasteiger partial charge is 0.305 e. The van der Waals surface area contributed by atoms with Gasteiger partial charge in [0.25, 0.3) is 0 Å². The van der Waals surface area contributed by atoms with Gasteiger partial charge in [-0.15, -0.1) is 0 Å². The van der Waals surface area contributed by atoms with E-state index in [4.69, 9.17) is 4.98 Å². The molecular formula is C30H34N4O. The van der Waals surface area contributed by atoms with Crippen molar-refractivity contribution in [3.8, 4) is 0 Å². The van der Waals surface area contributed by atoms with Crippen LogP contribution in [0.3, 0.4) is 0 Å². The molecule has 0 saturated heterocycles. The van der Waals surface area contributed by atoms with Crippen molar-refractivity contribution in [1.82, 2.24) is 18.9 Å². The van der Waals surface area contributed by atoms with E-state index in [0.29, 0.717) is 5.54 Å². The number of carbonyl (C=O) groups is 1. The van der Waals surface area contributed by atoms with E-state index in [0.717, 1.165) is 59.0 Å². The first-order chi connectivity index (χ1) is 17.0. The molecule has 0 spiro atoms. The van der Waals surface area contributed by atoms with E-state index < -0.39 is 0 Å². The van der Waals surface area contributed by atoms with Crippen LogP contribution in [0.25, 0.3) is 16.8 Å². The lowest BCUT2D eigenvalue weighted by atomic mass is 9.52. The van der Waals surface area contributed by atoms with Gasteiger partial charge in [0.2, 0.25) is 5.78 Å². The fourth-order valence-electron chi connectivity index (χ4n) is 8.17. The molecule has 4 bridgehead atoms. The minimum absolute atomic E-state index is 0.0917. The number of nitrogens with zero attached hydrogens (tertiary/aromatic N) is 4. The molecule has 2 aromatic carbocycles. The average Bonchev–Trinajstić information content (AvgIpc) is 3.34. The highest BCUT2D eigenvalue weighted by Gasteiger charge is 2.52. The molecule has 8 rings (SSSR count). The molecule has 4 aliphatic rings. The van der Waals surface area contributed by atoms with Crippen molar-refractivity contribution < 1.29 is 4.79 Å². The van der Waals surface area contributed by atoms with Gasteiger partial charge in [-0.1, -0.05) is 42.5 Å². The number of benzene rings is 2. The van der Waals surface area contributed by atoms with E-state index in [-0.39, 0.29) is 5.78 Å². The number of rotatable bonds is 6. The molecule has 0 unspecified atom stereocenters. The van der Waals surface area contributed by atoms with Crippen LogP contribution in [0, 0.1) is 17.8 Å². The Labute approximate surface area is 206 Å². The highest BCUT2D eigenvalue weighted by Crippen LogP contribution is 2.57. The molecule has 0 atom stereocenters. The van der Waals surface area contributed by atoms with E-state index in [1.165, 1.54) is 44.1 Å². The molecule has 4 saturated carbocycles. The molecule has 2 heterocycles. The number of Topliss-reactive ketones (excluding diaryl/α,β-unsaturated/α-hetero) is 1. The fourth-order valence-corrected chi connectivity index (χ4v) is 8.17. The van der Waals surface area contributed by atoms with Crippen LogP contribution in [0.5, 0.6) is 0 Å². The minimum Gasteiger partial charge on any atom is -0.305 e. The third kappa shape index (κ3) is 3.31. The standard InChI is InChI=1S/C30H34N4O/c1-20(35)28-25(19-32(2)30-15-22-12-23(16-30)14-24(13-22)17-30)31-29-33(18-21-8-4-3-5-9-21)26-10-6-7-11-27(26)34(28)29/h3-11,22-24H,12-19H2,1-2H3. The number of aromatic nitrogens is 3. The summed E-state index contributed by atoms with van der Waals surface area (Å²) in [5.74, 6) is 3.66. The minimum atomic E-state index is 0.0917. The van der Waals surface area contributed by atoms with Gasteiger partial charge in [0.05, 0.1) is 23.3 Å². The summed E-state index contributed by atoms with van der Waals surface area (Å²) >= 11 is 0. The van der Waals surface area contributed by atoms with Gasteiger partial charge in [-0.3, -0.25) is 14.1 Å². The second-order valence-electron chi connectivity index (χ2n) is 11.7. The van der Waals surface area contributed by atoms with Crippen LogP contribution in [-0.2, 0) is 13.1 Å². The van der Waals surface area contributed by atoms with Crippen molar-refractivity contribution in [2.75, 3.05) is 7.05 Å². The normalized spacial score (nSPS) is 27.5. The Balaban J connectivity index is 1.33. The first kappa shape index (κ1) is 21.4. The zero-order chi connectivity index (χ0) is 23.7. The number of hydrogen-bond acceptors (Lipinski definition) is 3. The van der Waals surface area contributed by atoms with Crippen LogP contribution < -0.4 is 0 Å². The monoisotopic (exact) mass is 466 g/mol. The van der Waals surface area contributed by atoms with E-state index >= 15 is 0 Å². The van der Waals surface area contributed by atoms with Crippen LogP contribution in [0.15, 0.2) is 54.6 Å². The zero-order valence-corrected chi connectivity index (χ0v) is 20.8. The molecule has 0 N–H and O–H groups in total. The first-order valence-corrected chi connectivity index (χ1v) is 13.3. The summed E-state index contributed by atoms with van der Waals surface area (Å²) in [6.45, 7) is 3.17. The maximum absolute atomic E-state index is 13.1. The molecule has 5 heteroatoms. The second kappa shape index (κ2) is 7.79. The molecule has 0 radical (unpaired) electrons. The van der Waals surface area contributed by atoms with E-state index in [1.54, 1.807) is 6.92 Å². The van der Waals surface area contributed by atoms with Crippen molar-refractivity contribution >= 4 is 22.6 Å². The smallest absolute Gasteiger partial charge is 0.216 e. The number of ketones is 1. The van der Waals surface area contributed by atoms with Crippen molar-refractivity contribution in [2.24, 2.45) is 17.8 Å². The summed E-state index contributed by atoms with van der Waals surface area (Å²) < 4.78 is 4.38. The lowest BCUT2D eigenvalue weighted by Gasteiger charge is -2.60. The topological polar surface area (TPSA) is 42.5 Å². The number of fused-ring (bicyclic) bond motifs is 3. The molecule has 4 fully saturated rings. The number of hydrogen-bond donors (Lipinski definition) is 0. The predicted molar refractivity (Wildman–Crippen MR) is 139 cm³/mol. The van der Waals surface area contributed by atoms with Crippen LogP contribution in [0.2, 0.25) is 0 Å². The summed E-state index contributed by atoms with van der Waals surface area (Å²) in [6, 6.07) is 18.9. The third-order valence-electron chi connectivity index (χ3n) is 9.31. The molecule has 35 heavy (non-hydrogen) atoms. The average molecular weight is 467 g/mol. The Morgan fingerprint density at radius 3 is 2.17 bits per heavy atom. The fraction of sp³-hybridized carbons (Fsp3) is 0.467. The predicted octanol–water partition coefficient (Wildman–Crippen LogP) is 5.94. The van der Waals surface area contributed by atoms with Crippen LogP contribution >= 0.6 is 0 Å². The van der Waals surface area contributed by atoms with Crippen molar-refractivity contribution in [3.63, 3.8) is 0 Å². The quantitative estimate of drug-likeness (QED) is 0.330. The Bertz CT molecular complexity index is 1390. The molecular weight excluding hydrogens is 432 g/mol. The number of para-hydroxylation sites is 2. The zero-order valence-electron chi connectivity index (χ0n) is 20.8. The second-order valence-corrected chi connectivity index (χ2v) is 11.7. The highest BCUT2D eigenvalue weighted by molar-refractivity contribution is 5.97. The summed E-state index contributed by atoms with van der Waals surface area (Å²) in [6.07, 6.45) is 8.28. The molecule has 4 aromatic rings. The Hall–Kier alpha value is -2.92. The summed E-state index contributed by atoms with van der Waals surface area (Å²) in [7, 11) is 2.29. The maximum atomic E-state index is 13.1. The van der Waals surface area contributed by atoms with Gasteiger partial charge in [-0.25, -0.2) is 4.98 Å². The van der Waals surface area contributed by atoms with Gasteiger partial charge in [0, 0.05) is 19.0 Å². The lowest BCUT2D eigenvalue weighted by molar-refractivity contribution is -0.0825. The Morgan fingerprint density at radius 2 is 1.54 bits per heavy atom. The SMILES string of the molecule is CC(=O)c1c(CN(C)C23CC4CC(CC(C4)C2)C3)nc2n(Cc3ccccc3)c3ccccc3n12. The van der Waals surface area contributed by atoms with Crippen molar-refractivity contribution in [1.29, 1.82) is 0 Å². The van der Waals surface area contributed by atoms with Crippen LogP contribution in [0.4, 0.5) is 0 Å². The highest BCUT2D eigenvalue weighted by atomic mass is 16.1. The Morgan fingerprint density at radius 1 is 0.943 bits per heavy atom. The summed E-state index contributed by atoms with van der Waals surface area (Å²) in [5.41, 5.74) is 5.37. The van der Waals surface area contributed by atoms with Crippen molar-refractivity contribution in [2.45, 2.75) is 64.1 Å². The van der Waals surface area contributed by atoms with Crippen LogP contribution in [0.1, 0.15) is 67.2 Å². The van der Waals surface area contributed by atoms with E-state index in [9.17, 15) is 4.79 Å². The van der Waals surface area contributed by atoms with E-state index in [2.05, 4.69) is 75.5 Å². The van der Waals surface area contributed by atoms with Crippen LogP contribution in [-0.4, -0.2) is 37.2 Å². The summed E-state index contributed by atoms with van der Waals surface area (Å²) in [5, 5.41) is 0. The lowest BCUT2D eigenvalue weighted by Crippen LogP contribution is -2.58. The molecule has 4 aliphatic carbocycles. The molecule has 2 aromatic heterocycles. The number of carbonyl (C=O) groups excluding carboxylic acids is 1. The first-order valence-electron chi connectivity index (χ1n) is 13.3. The van der Waals surface area contributed by atoms with Gasteiger partial charge in [-0.2, -0.15) is 0 Å². The number of imidazole rings is 2. The van der Waals surface area contributed by atoms with Gasteiger partial charge >= 0.3 is 0 Å². The molecule has 0 aliphatic heterocycles. The van der Waals surface area contributed by atoms with Gasteiger partial charge in [0.15, 0.2) is 5.78 Å². The van der Waals surface area contributed by atoms with Gasteiger partial charge in [0.1, 0.15) is 5.69 Å². The van der Waals surface area contributed by atoms with Crippen molar-refractivity contribution in [3.05, 3.63) is 71.5 Å². The summed E-state index contributed by atoms with van der Waals surface area (Å²) in [4.78, 5) is 20.9. The molecule has 180 valence electrons. The molecule has 0 amide bonds. The van der Waals surface area contributed by atoms with Gasteiger partial charge < -0.3 is 4.57 Å². The van der Waals surface area contributed by atoms with Gasteiger partial charge in [-0.05, 0) is 81.0 Å². The third-order valence-corrected chi connectivity index (χ3v) is 9.31. The maximum Gasteiger partial charge on any atom is 0.216 e.